The Morgan fingerprint density at radius 2 is 1.97 bits per heavy atom. The van der Waals surface area contributed by atoms with Crippen LogP contribution < -0.4 is 10.1 Å². The van der Waals surface area contributed by atoms with Gasteiger partial charge >= 0.3 is 12.1 Å². The van der Waals surface area contributed by atoms with Crippen molar-refractivity contribution in [3.63, 3.8) is 0 Å². The highest BCUT2D eigenvalue weighted by atomic mass is 16.6. The summed E-state index contributed by atoms with van der Waals surface area (Å²) in [5, 5.41) is 2.68. The molecule has 0 radical (unpaired) electrons. The number of rotatable bonds is 5. The first kappa shape index (κ1) is 21.4. The minimum absolute atomic E-state index is 0.167. The molecule has 3 unspecified atom stereocenters. The van der Waals surface area contributed by atoms with E-state index >= 15 is 0 Å². The van der Waals surface area contributed by atoms with Gasteiger partial charge in [-0.25, -0.2) is 9.59 Å². The van der Waals surface area contributed by atoms with Crippen LogP contribution >= 0.6 is 0 Å². The fraction of sp³-hybridized carbons (Fsp3) is 0.636. The maximum atomic E-state index is 13.1. The van der Waals surface area contributed by atoms with Gasteiger partial charge in [-0.05, 0) is 58.6 Å². The lowest BCUT2D eigenvalue weighted by Gasteiger charge is -2.41. The Kier molecular flexibility index (Phi) is 6.67. The standard InChI is InChI=1S/C22H32N2O5/c1-22(2,3)29-21(26)23-19(17-9-5-6-10-18(17)27-4)20(25)28-16-12-15-8-7-11-24(13-15)14-16/h5-6,9-10,15-16,19H,7-8,11-14H2,1-4H3,(H,23,26)/t15?,16-,19?/m1/s1. The molecule has 0 aliphatic carbocycles. The van der Waals surface area contributed by atoms with Crippen molar-refractivity contribution in [2.75, 3.05) is 26.7 Å². The van der Waals surface area contributed by atoms with Crippen LogP contribution in [-0.2, 0) is 14.3 Å². The summed E-state index contributed by atoms with van der Waals surface area (Å²) in [6.07, 6.45) is 2.41. The maximum Gasteiger partial charge on any atom is 0.408 e. The van der Waals surface area contributed by atoms with Gasteiger partial charge in [0.1, 0.15) is 17.5 Å². The van der Waals surface area contributed by atoms with Crippen LogP contribution in [0.1, 0.15) is 51.6 Å². The van der Waals surface area contributed by atoms with Crippen molar-refractivity contribution in [1.82, 2.24) is 10.2 Å². The number of alkyl carbamates (subject to hydrolysis) is 1. The summed E-state index contributed by atoms with van der Waals surface area (Å²) >= 11 is 0. The van der Waals surface area contributed by atoms with Gasteiger partial charge in [0, 0.05) is 18.7 Å². The predicted octanol–water partition coefficient (Wildman–Crippen LogP) is 3.29. The summed E-state index contributed by atoms with van der Waals surface area (Å²) in [4.78, 5) is 27.9. The monoisotopic (exact) mass is 404 g/mol. The van der Waals surface area contributed by atoms with E-state index in [1.165, 1.54) is 20.0 Å². The minimum Gasteiger partial charge on any atom is -0.496 e. The van der Waals surface area contributed by atoms with E-state index in [-0.39, 0.29) is 6.10 Å². The lowest BCUT2D eigenvalue weighted by molar-refractivity contribution is -0.156. The van der Waals surface area contributed by atoms with Gasteiger partial charge in [-0.2, -0.15) is 0 Å². The van der Waals surface area contributed by atoms with Crippen LogP contribution in [0.2, 0.25) is 0 Å². The number of benzene rings is 1. The Morgan fingerprint density at radius 1 is 1.21 bits per heavy atom. The molecule has 1 aromatic carbocycles. The smallest absolute Gasteiger partial charge is 0.408 e. The first-order valence-electron chi connectivity index (χ1n) is 10.3. The van der Waals surface area contributed by atoms with Crippen molar-refractivity contribution in [2.24, 2.45) is 5.92 Å². The molecular weight excluding hydrogens is 372 g/mol. The molecule has 2 aliphatic heterocycles. The van der Waals surface area contributed by atoms with Crippen molar-refractivity contribution in [1.29, 1.82) is 0 Å². The minimum atomic E-state index is -1.00. The van der Waals surface area contributed by atoms with E-state index in [1.54, 1.807) is 39.0 Å². The third kappa shape index (κ3) is 5.85. The number of carbonyl (C=O) groups is 2. The van der Waals surface area contributed by atoms with Crippen LogP contribution in [0.15, 0.2) is 24.3 Å². The molecule has 7 heteroatoms. The molecule has 1 amide bonds. The number of ether oxygens (including phenoxy) is 3. The molecule has 0 aromatic heterocycles. The summed E-state index contributed by atoms with van der Waals surface area (Å²) in [7, 11) is 1.53. The van der Waals surface area contributed by atoms with Crippen LogP contribution in [0, 0.1) is 5.92 Å². The van der Waals surface area contributed by atoms with E-state index in [9.17, 15) is 9.59 Å². The number of piperidine rings is 2. The lowest BCUT2D eigenvalue weighted by Crippen LogP contribution is -2.49. The Hall–Kier alpha value is -2.28. The van der Waals surface area contributed by atoms with Gasteiger partial charge in [0.2, 0.25) is 0 Å². The number of amides is 1. The van der Waals surface area contributed by atoms with Crippen molar-refractivity contribution < 1.29 is 23.8 Å². The molecule has 2 heterocycles. The number of nitrogens with zero attached hydrogens (tertiary/aromatic N) is 1. The van der Waals surface area contributed by atoms with Crippen LogP contribution in [-0.4, -0.2) is 55.4 Å². The molecule has 29 heavy (non-hydrogen) atoms. The predicted molar refractivity (Wildman–Crippen MR) is 109 cm³/mol. The van der Waals surface area contributed by atoms with E-state index < -0.39 is 23.7 Å². The molecule has 2 saturated heterocycles. The maximum absolute atomic E-state index is 13.1. The second-order valence-electron chi connectivity index (χ2n) is 8.88. The lowest BCUT2D eigenvalue weighted by atomic mass is 9.88. The van der Waals surface area contributed by atoms with E-state index in [0.717, 1.165) is 26.1 Å². The molecule has 1 N–H and O–H groups in total. The van der Waals surface area contributed by atoms with E-state index in [2.05, 4.69) is 10.2 Å². The van der Waals surface area contributed by atoms with Gasteiger partial charge < -0.3 is 19.5 Å². The van der Waals surface area contributed by atoms with Crippen molar-refractivity contribution in [3.8, 4) is 5.75 Å². The van der Waals surface area contributed by atoms with Gasteiger partial charge in [0.25, 0.3) is 0 Å². The first-order chi connectivity index (χ1) is 13.7. The van der Waals surface area contributed by atoms with Gasteiger partial charge in [-0.15, -0.1) is 0 Å². The summed E-state index contributed by atoms with van der Waals surface area (Å²) in [6.45, 7) is 8.21. The molecule has 2 aliphatic rings. The van der Waals surface area contributed by atoms with E-state index in [0.29, 0.717) is 17.2 Å². The summed E-state index contributed by atoms with van der Waals surface area (Å²) in [5.74, 6) is 0.583. The SMILES string of the molecule is COc1ccccc1C(NC(=O)OC(C)(C)C)C(=O)O[C@@H]1CC2CCCN(C2)C1. The van der Waals surface area contributed by atoms with Gasteiger partial charge in [0.05, 0.1) is 7.11 Å². The molecule has 0 spiro atoms. The quantitative estimate of drug-likeness (QED) is 0.759. The molecule has 2 fully saturated rings. The Labute approximate surface area is 172 Å². The van der Waals surface area contributed by atoms with Crippen LogP contribution in [0.5, 0.6) is 5.75 Å². The Bertz CT molecular complexity index is 718. The van der Waals surface area contributed by atoms with Crippen LogP contribution in [0.25, 0.3) is 0 Å². The third-order valence-electron chi connectivity index (χ3n) is 5.29. The number of para-hydroxylation sites is 1. The normalized spacial score (nSPS) is 24.9. The molecule has 160 valence electrons. The molecular formula is C22H32N2O5. The number of nitrogens with one attached hydrogen (secondary N) is 1. The first-order valence-corrected chi connectivity index (χ1v) is 10.3. The molecule has 4 atom stereocenters. The fourth-order valence-corrected chi connectivity index (χ4v) is 4.16. The summed E-state index contributed by atoms with van der Waals surface area (Å²) in [5.41, 5.74) is -0.130. The highest BCUT2D eigenvalue weighted by Crippen LogP contribution is 2.30. The fourth-order valence-electron chi connectivity index (χ4n) is 4.16. The van der Waals surface area contributed by atoms with Crippen molar-refractivity contribution in [2.45, 2.75) is 57.8 Å². The topological polar surface area (TPSA) is 77.1 Å². The average molecular weight is 405 g/mol. The molecule has 3 rings (SSSR count). The molecule has 0 saturated carbocycles. The van der Waals surface area contributed by atoms with E-state index in [1.807, 2.05) is 6.07 Å². The second kappa shape index (κ2) is 9.03. The summed E-state index contributed by atoms with van der Waals surface area (Å²) < 4.78 is 16.6. The number of hydrogen-bond donors (Lipinski definition) is 1. The Balaban J connectivity index is 1.76. The van der Waals surface area contributed by atoms with Gasteiger partial charge in [0.15, 0.2) is 6.04 Å². The third-order valence-corrected chi connectivity index (χ3v) is 5.29. The number of carbonyl (C=O) groups excluding carboxylic acids is 2. The zero-order chi connectivity index (χ0) is 21.0. The molecule has 7 nitrogen and oxygen atoms in total. The Morgan fingerprint density at radius 3 is 2.66 bits per heavy atom. The van der Waals surface area contributed by atoms with Gasteiger partial charge in [-0.1, -0.05) is 18.2 Å². The zero-order valence-corrected chi connectivity index (χ0v) is 17.8. The zero-order valence-electron chi connectivity index (χ0n) is 17.8. The van der Waals surface area contributed by atoms with E-state index in [4.69, 9.17) is 14.2 Å². The number of methoxy groups -OCH3 is 1. The number of hydrogen-bond acceptors (Lipinski definition) is 6. The highest BCUT2D eigenvalue weighted by molar-refractivity contribution is 5.83. The average Bonchev–Trinajstić information content (AvgIpc) is 2.64. The van der Waals surface area contributed by atoms with Crippen LogP contribution in [0.3, 0.4) is 0 Å². The second-order valence-corrected chi connectivity index (χ2v) is 8.88. The van der Waals surface area contributed by atoms with Crippen molar-refractivity contribution >= 4 is 12.1 Å². The largest absolute Gasteiger partial charge is 0.496 e. The molecule has 2 bridgehead atoms. The van der Waals surface area contributed by atoms with Crippen LogP contribution in [0.4, 0.5) is 4.79 Å². The number of esters is 1. The highest BCUT2D eigenvalue weighted by Gasteiger charge is 2.35. The van der Waals surface area contributed by atoms with Gasteiger partial charge in [-0.3, -0.25) is 4.90 Å². The summed E-state index contributed by atoms with van der Waals surface area (Å²) in [6, 6.07) is 6.11. The molecule has 1 aromatic rings. The number of fused-ring (bicyclic) bond motifs is 2. The van der Waals surface area contributed by atoms with Crippen molar-refractivity contribution in [3.05, 3.63) is 29.8 Å².